The SMILES string of the molecule is CC(CC(=O)N(C)CC1CCC1)N1CCNCC1. The van der Waals surface area contributed by atoms with Crippen LogP contribution in [0.15, 0.2) is 0 Å². The molecule has 0 aromatic rings. The normalized spacial score (nSPS) is 23.4. The van der Waals surface area contributed by atoms with E-state index < -0.39 is 0 Å². The zero-order valence-corrected chi connectivity index (χ0v) is 11.8. The molecule has 1 atom stereocenters. The minimum absolute atomic E-state index is 0.313. The lowest BCUT2D eigenvalue weighted by atomic mass is 9.85. The van der Waals surface area contributed by atoms with Crippen LogP contribution in [0.2, 0.25) is 0 Å². The minimum Gasteiger partial charge on any atom is -0.345 e. The number of nitrogens with zero attached hydrogens (tertiary/aromatic N) is 2. The van der Waals surface area contributed by atoms with Crippen molar-refractivity contribution in [2.45, 2.75) is 38.6 Å². The topological polar surface area (TPSA) is 35.6 Å². The molecule has 4 nitrogen and oxygen atoms in total. The van der Waals surface area contributed by atoms with Crippen molar-refractivity contribution in [3.05, 3.63) is 0 Å². The van der Waals surface area contributed by atoms with Crippen molar-refractivity contribution >= 4 is 5.91 Å². The van der Waals surface area contributed by atoms with E-state index in [0.717, 1.165) is 38.6 Å². The highest BCUT2D eigenvalue weighted by atomic mass is 16.2. The van der Waals surface area contributed by atoms with Crippen LogP contribution in [0.5, 0.6) is 0 Å². The summed E-state index contributed by atoms with van der Waals surface area (Å²) in [6.07, 6.45) is 4.64. The average Bonchev–Trinajstić information content (AvgIpc) is 2.34. The Morgan fingerprint density at radius 2 is 2.06 bits per heavy atom. The Morgan fingerprint density at radius 1 is 1.39 bits per heavy atom. The molecule has 1 unspecified atom stereocenters. The smallest absolute Gasteiger partial charge is 0.223 e. The summed E-state index contributed by atoms with van der Waals surface area (Å²) in [7, 11) is 1.96. The third kappa shape index (κ3) is 3.69. The number of carbonyl (C=O) groups is 1. The van der Waals surface area contributed by atoms with Crippen LogP contribution in [0.1, 0.15) is 32.6 Å². The van der Waals surface area contributed by atoms with Gasteiger partial charge in [-0.1, -0.05) is 6.42 Å². The molecule has 1 aliphatic carbocycles. The monoisotopic (exact) mass is 253 g/mol. The molecule has 1 aliphatic heterocycles. The summed E-state index contributed by atoms with van der Waals surface area (Å²) >= 11 is 0. The number of hydrogen-bond donors (Lipinski definition) is 1. The molecule has 18 heavy (non-hydrogen) atoms. The van der Waals surface area contributed by atoms with Crippen LogP contribution in [-0.2, 0) is 4.79 Å². The summed E-state index contributed by atoms with van der Waals surface area (Å²) in [6.45, 7) is 7.39. The quantitative estimate of drug-likeness (QED) is 0.792. The lowest BCUT2D eigenvalue weighted by Crippen LogP contribution is -2.49. The van der Waals surface area contributed by atoms with Crippen LogP contribution in [-0.4, -0.2) is 61.5 Å². The fraction of sp³-hybridized carbons (Fsp3) is 0.929. The molecule has 2 rings (SSSR count). The van der Waals surface area contributed by atoms with Gasteiger partial charge in [0.05, 0.1) is 0 Å². The molecule has 0 aromatic carbocycles. The van der Waals surface area contributed by atoms with Gasteiger partial charge in [0.25, 0.3) is 0 Å². The van der Waals surface area contributed by atoms with Gasteiger partial charge in [0.1, 0.15) is 0 Å². The molecule has 0 radical (unpaired) electrons. The molecular formula is C14H27N3O. The van der Waals surface area contributed by atoms with Gasteiger partial charge in [-0.3, -0.25) is 9.69 Å². The summed E-state index contributed by atoms with van der Waals surface area (Å²) in [5, 5.41) is 3.35. The first kappa shape index (κ1) is 13.8. The van der Waals surface area contributed by atoms with Crippen molar-refractivity contribution in [2.24, 2.45) is 5.92 Å². The van der Waals surface area contributed by atoms with E-state index in [9.17, 15) is 4.79 Å². The van der Waals surface area contributed by atoms with Gasteiger partial charge in [-0.05, 0) is 25.7 Å². The number of hydrogen-bond acceptors (Lipinski definition) is 3. The molecule has 0 spiro atoms. The van der Waals surface area contributed by atoms with Gasteiger partial charge < -0.3 is 10.2 Å². The van der Waals surface area contributed by atoms with Gasteiger partial charge in [-0.25, -0.2) is 0 Å². The highest BCUT2D eigenvalue weighted by Gasteiger charge is 2.24. The first-order valence-corrected chi connectivity index (χ1v) is 7.35. The highest BCUT2D eigenvalue weighted by molar-refractivity contribution is 5.76. The summed E-state index contributed by atoms with van der Waals surface area (Å²) in [6, 6.07) is 0.378. The summed E-state index contributed by atoms with van der Waals surface area (Å²) < 4.78 is 0. The molecule has 1 N–H and O–H groups in total. The van der Waals surface area contributed by atoms with Crippen molar-refractivity contribution in [2.75, 3.05) is 39.8 Å². The number of piperazine rings is 1. The first-order valence-electron chi connectivity index (χ1n) is 7.35. The predicted molar refractivity (Wildman–Crippen MR) is 73.5 cm³/mol. The number of carbonyl (C=O) groups excluding carboxylic acids is 1. The highest BCUT2D eigenvalue weighted by Crippen LogP contribution is 2.26. The van der Waals surface area contributed by atoms with E-state index in [2.05, 4.69) is 17.1 Å². The van der Waals surface area contributed by atoms with Crippen LogP contribution < -0.4 is 5.32 Å². The molecule has 0 bridgehead atoms. The van der Waals surface area contributed by atoms with Gasteiger partial charge >= 0.3 is 0 Å². The Labute approximate surface area is 111 Å². The summed E-state index contributed by atoms with van der Waals surface area (Å²) in [4.78, 5) is 16.5. The second kappa shape index (κ2) is 6.53. The standard InChI is InChI=1S/C14H27N3O/c1-12(17-8-6-15-7-9-17)10-14(18)16(2)11-13-4-3-5-13/h12-13,15H,3-11H2,1-2H3. The van der Waals surface area contributed by atoms with E-state index in [-0.39, 0.29) is 0 Å². The van der Waals surface area contributed by atoms with Crippen molar-refractivity contribution in [1.29, 1.82) is 0 Å². The predicted octanol–water partition coefficient (Wildman–Crippen LogP) is 0.929. The molecular weight excluding hydrogens is 226 g/mol. The second-order valence-corrected chi connectivity index (χ2v) is 5.91. The Morgan fingerprint density at radius 3 is 2.61 bits per heavy atom. The van der Waals surface area contributed by atoms with Gasteiger partial charge in [-0.15, -0.1) is 0 Å². The molecule has 2 fully saturated rings. The Bertz CT molecular complexity index is 272. The molecule has 0 aromatic heterocycles. The maximum absolute atomic E-state index is 12.2. The van der Waals surface area contributed by atoms with Crippen LogP contribution >= 0.6 is 0 Å². The maximum Gasteiger partial charge on any atom is 0.223 e. The fourth-order valence-electron chi connectivity index (χ4n) is 2.83. The van der Waals surface area contributed by atoms with Gasteiger partial charge in [-0.2, -0.15) is 0 Å². The van der Waals surface area contributed by atoms with Crippen molar-refractivity contribution in [1.82, 2.24) is 15.1 Å². The van der Waals surface area contributed by atoms with E-state index >= 15 is 0 Å². The van der Waals surface area contributed by atoms with Crippen LogP contribution in [0.25, 0.3) is 0 Å². The van der Waals surface area contributed by atoms with Gasteiger partial charge in [0.2, 0.25) is 5.91 Å². The Hall–Kier alpha value is -0.610. The largest absolute Gasteiger partial charge is 0.345 e. The molecule has 4 heteroatoms. The zero-order valence-electron chi connectivity index (χ0n) is 11.8. The molecule has 2 aliphatic rings. The maximum atomic E-state index is 12.2. The number of amides is 1. The van der Waals surface area contributed by atoms with Crippen molar-refractivity contribution in [3.63, 3.8) is 0 Å². The van der Waals surface area contributed by atoms with E-state index in [0.29, 0.717) is 18.4 Å². The molecule has 104 valence electrons. The minimum atomic E-state index is 0.313. The molecule has 1 saturated heterocycles. The van der Waals surface area contributed by atoms with Crippen molar-refractivity contribution in [3.8, 4) is 0 Å². The average molecular weight is 253 g/mol. The molecule has 1 amide bonds. The summed E-state index contributed by atoms with van der Waals surface area (Å²) in [5.74, 6) is 1.08. The molecule has 1 heterocycles. The van der Waals surface area contributed by atoms with Crippen LogP contribution in [0.3, 0.4) is 0 Å². The van der Waals surface area contributed by atoms with Gasteiger partial charge in [0.15, 0.2) is 0 Å². The second-order valence-electron chi connectivity index (χ2n) is 5.91. The third-order valence-corrected chi connectivity index (χ3v) is 4.43. The van der Waals surface area contributed by atoms with Crippen molar-refractivity contribution < 1.29 is 4.79 Å². The zero-order chi connectivity index (χ0) is 13.0. The fourth-order valence-corrected chi connectivity index (χ4v) is 2.83. The van der Waals surface area contributed by atoms with Crippen LogP contribution in [0.4, 0.5) is 0 Å². The van der Waals surface area contributed by atoms with E-state index in [1.165, 1.54) is 19.3 Å². The van der Waals surface area contributed by atoms with E-state index in [1.54, 1.807) is 0 Å². The van der Waals surface area contributed by atoms with Crippen LogP contribution in [0, 0.1) is 5.92 Å². The number of rotatable bonds is 5. The summed E-state index contributed by atoms with van der Waals surface area (Å²) in [5.41, 5.74) is 0. The third-order valence-electron chi connectivity index (χ3n) is 4.43. The van der Waals surface area contributed by atoms with E-state index in [4.69, 9.17) is 0 Å². The molecule has 1 saturated carbocycles. The number of nitrogens with one attached hydrogen (secondary N) is 1. The lowest BCUT2D eigenvalue weighted by Gasteiger charge is -2.34. The van der Waals surface area contributed by atoms with E-state index in [1.807, 2.05) is 11.9 Å². The van der Waals surface area contributed by atoms with Gasteiger partial charge in [0, 0.05) is 52.2 Å². The Kier molecular flexibility index (Phi) is 5.01. The first-order chi connectivity index (χ1) is 8.66. The Balaban J connectivity index is 1.71. The lowest BCUT2D eigenvalue weighted by molar-refractivity contribution is -0.132.